The van der Waals surface area contributed by atoms with Crippen molar-refractivity contribution >= 4 is 9.84 Å². The van der Waals surface area contributed by atoms with E-state index in [2.05, 4.69) is 5.32 Å². The molecule has 1 aliphatic heterocycles. The third-order valence-corrected chi connectivity index (χ3v) is 4.39. The number of piperidine rings is 1. The highest BCUT2D eigenvalue weighted by Crippen LogP contribution is 2.33. The second-order valence-corrected chi connectivity index (χ2v) is 6.53. The fourth-order valence-corrected chi connectivity index (χ4v) is 3.46. The van der Waals surface area contributed by atoms with Crippen LogP contribution in [0.3, 0.4) is 0 Å². The average molecular weight is 275 g/mol. The fourth-order valence-electron chi connectivity index (χ4n) is 2.38. The van der Waals surface area contributed by atoms with Crippen LogP contribution in [-0.4, -0.2) is 27.8 Å². The molecule has 0 radical (unpaired) electrons. The highest BCUT2D eigenvalue weighted by atomic mass is 32.2. The molecule has 100 valence electrons. The molecule has 0 aromatic heterocycles. The Morgan fingerprint density at radius 3 is 2.39 bits per heavy atom. The molecule has 0 unspecified atom stereocenters. The van der Waals surface area contributed by atoms with Crippen molar-refractivity contribution in [1.29, 1.82) is 0 Å². The maximum atomic E-state index is 13.7. The topological polar surface area (TPSA) is 46.2 Å². The van der Waals surface area contributed by atoms with Gasteiger partial charge in [-0.1, -0.05) is 6.07 Å². The smallest absolute Gasteiger partial charge is 0.178 e. The Labute approximate surface area is 105 Å². The second-order valence-electron chi connectivity index (χ2n) is 4.58. The van der Waals surface area contributed by atoms with Crippen molar-refractivity contribution < 1.29 is 17.2 Å². The maximum Gasteiger partial charge on any atom is 0.178 e. The lowest BCUT2D eigenvalue weighted by atomic mass is 9.90. The summed E-state index contributed by atoms with van der Waals surface area (Å²) in [5, 5.41) is 3.15. The Morgan fingerprint density at radius 1 is 1.22 bits per heavy atom. The van der Waals surface area contributed by atoms with Crippen LogP contribution >= 0.6 is 0 Å². The van der Waals surface area contributed by atoms with Crippen LogP contribution in [0.1, 0.15) is 24.3 Å². The number of rotatable bonds is 2. The molecular formula is C12H15F2NO2S. The summed E-state index contributed by atoms with van der Waals surface area (Å²) in [6, 6.07) is 2.40. The Kier molecular flexibility index (Phi) is 3.68. The van der Waals surface area contributed by atoms with E-state index in [0.29, 0.717) is 5.56 Å². The molecule has 0 aliphatic carbocycles. The number of nitrogens with one attached hydrogen (secondary N) is 1. The van der Waals surface area contributed by atoms with Crippen LogP contribution < -0.4 is 5.32 Å². The molecule has 0 saturated carbocycles. The summed E-state index contributed by atoms with van der Waals surface area (Å²) in [6.45, 7) is 1.51. The summed E-state index contributed by atoms with van der Waals surface area (Å²) in [6.07, 6.45) is 2.37. The molecule has 1 fully saturated rings. The molecule has 3 nitrogen and oxygen atoms in total. The summed E-state index contributed by atoms with van der Waals surface area (Å²) in [7, 11) is -3.77. The van der Waals surface area contributed by atoms with Gasteiger partial charge >= 0.3 is 0 Å². The molecule has 1 heterocycles. The Balaban J connectivity index is 2.56. The lowest BCUT2D eigenvalue weighted by Crippen LogP contribution is -2.27. The summed E-state index contributed by atoms with van der Waals surface area (Å²) < 4.78 is 50.2. The first-order valence-electron chi connectivity index (χ1n) is 5.80. The van der Waals surface area contributed by atoms with E-state index in [1.165, 1.54) is 6.07 Å². The van der Waals surface area contributed by atoms with Gasteiger partial charge in [0.2, 0.25) is 0 Å². The van der Waals surface area contributed by atoms with Gasteiger partial charge in [-0.05, 0) is 43.5 Å². The number of hydrogen-bond donors (Lipinski definition) is 1. The number of sulfone groups is 1. The van der Waals surface area contributed by atoms with Gasteiger partial charge in [0.1, 0.15) is 4.90 Å². The first kappa shape index (κ1) is 13.4. The fraction of sp³-hybridized carbons (Fsp3) is 0.500. The van der Waals surface area contributed by atoms with Crippen LogP contribution in [0.2, 0.25) is 0 Å². The minimum absolute atomic E-state index is 0.0360. The van der Waals surface area contributed by atoms with Crippen molar-refractivity contribution in [2.75, 3.05) is 19.3 Å². The maximum absolute atomic E-state index is 13.7. The zero-order chi connectivity index (χ0) is 13.3. The predicted molar refractivity (Wildman–Crippen MR) is 64.3 cm³/mol. The van der Waals surface area contributed by atoms with E-state index in [0.717, 1.165) is 38.3 Å². The van der Waals surface area contributed by atoms with Crippen molar-refractivity contribution in [3.8, 4) is 0 Å². The van der Waals surface area contributed by atoms with Crippen LogP contribution in [0.4, 0.5) is 8.78 Å². The van der Waals surface area contributed by atoms with E-state index >= 15 is 0 Å². The second kappa shape index (κ2) is 4.93. The van der Waals surface area contributed by atoms with E-state index in [9.17, 15) is 17.2 Å². The number of benzene rings is 1. The van der Waals surface area contributed by atoms with Crippen LogP contribution in [0, 0.1) is 11.6 Å². The quantitative estimate of drug-likeness (QED) is 0.895. The highest BCUT2D eigenvalue weighted by Gasteiger charge is 2.27. The molecule has 1 aliphatic rings. The van der Waals surface area contributed by atoms with Crippen LogP contribution in [0.25, 0.3) is 0 Å². The predicted octanol–water partition coefficient (Wildman–Crippen LogP) is 1.84. The summed E-state index contributed by atoms with van der Waals surface area (Å²) in [5.74, 6) is -2.41. The zero-order valence-electron chi connectivity index (χ0n) is 10.0. The normalized spacial score (nSPS) is 17.9. The molecule has 1 saturated heterocycles. The molecule has 6 heteroatoms. The van der Waals surface area contributed by atoms with E-state index < -0.39 is 26.4 Å². The molecule has 0 spiro atoms. The summed E-state index contributed by atoms with van der Waals surface area (Å²) in [4.78, 5) is -0.477. The van der Waals surface area contributed by atoms with Gasteiger partial charge in [-0.2, -0.15) is 0 Å². The van der Waals surface area contributed by atoms with Gasteiger partial charge < -0.3 is 5.32 Å². The van der Waals surface area contributed by atoms with Crippen molar-refractivity contribution in [2.45, 2.75) is 23.7 Å². The third kappa shape index (κ3) is 2.54. The van der Waals surface area contributed by atoms with E-state index in [-0.39, 0.29) is 5.92 Å². The molecule has 0 amide bonds. The van der Waals surface area contributed by atoms with Gasteiger partial charge in [-0.15, -0.1) is 0 Å². The summed E-state index contributed by atoms with van der Waals surface area (Å²) >= 11 is 0. The summed E-state index contributed by atoms with van der Waals surface area (Å²) in [5.41, 5.74) is 0.401. The minimum atomic E-state index is -3.77. The molecule has 2 rings (SSSR count). The Morgan fingerprint density at radius 2 is 1.83 bits per heavy atom. The van der Waals surface area contributed by atoms with Crippen LogP contribution in [0.5, 0.6) is 0 Å². The van der Waals surface area contributed by atoms with E-state index in [1.54, 1.807) is 0 Å². The third-order valence-electron chi connectivity index (χ3n) is 3.23. The van der Waals surface area contributed by atoms with Crippen molar-refractivity contribution in [3.05, 3.63) is 29.3 Å². The van der Waals surface area contributed by atoms with Crippen LogP contribution in [-0.2, 0) is 9.84 Å². The van der Waals surface area contributed by atoms with Gasteiger partial charge in [-0.3, -0.25) is 0 Å². The number of halogens is 2. The first-order chi connectivity index (χ1) is 8.41. The average Bonchev–Trinajstić information content (AvgIpc) is 2.32. The highest BCUT2D eigenvalue weighted by molar-refractivity contribution is 7.90. The Hall–Kier alpha value is -1.01. The van der Waals surface area contributed by atoms with Gasteiger partial charge in [0.25, 0.3) is 0 Å². The van der Waals surface area contributed by atoms with Crippen molar-refractivity contribution in [2.24, 2.45) is 0 Å². The lowest BCUT2D eigenvalue weighted by molar-refractivity contribution is 0.438. The molecule has 1 aromatic carbocycles. The van der Waals surface area contributed by atoms with E-state index in [1.807, 2.05) is 0 Å². The molecule has 0 bridgehead atoms. The van der Waals surface area contributed by atoms with Gasteiger partial charge in [-0.25, -0.2) is 17.2 Å². The van der Waals surface area contributed by atoms with Gasteiger partial charge in [0.05, 0.1) is 0 Å². The lowest BCUT2D eigenvalue weighted by Gasteiger charge is -2.24. The minimum Gasteiger partial charge on any atom is -0.317 e. The standard InChI is InChI=1S/C12H15F2NO2S/c1-18(16,17)12-9(2-3-10(13)11(12)14)8-4-6-15-7-5-8/h2-3,8,15H,4-7H2,1H3. The zero-order valence-corrected chi connectivity index (χ0v) is 10.9. The molecule has 1 aromatic rings. The van der Waals surface area contributed by atoms with Crippen LogP contribution in [0.15, 0.2) is 17.0 Å². The molecule has 0 atom stereocenters. The first-order valence-corrected chi connectivity index (χ1v) is 7.69. The van der Waals surface area contributed by atoms with Gasteiger partial charge in [0.15, 0.2) is 21.5 Å². The molecular weight excluding hydrogens is 260 g/mol. The molecule has 18 heavy (non-hydrogen) atoms. The number of hydrogen-bond acceptors (Lipinski definition) is 3. The van der Waals surface area contributed by atoms with Crippen molar-refractivity contribution in [3.63, 3.8) is 0 Å². The monoisotopic (exact) mass is 275 g/mol. The van der Waals surface area contributed by atoms with E-state index in [4.69, 9.17) is 0 Å². The largest absolute Gasteiger partial charge is 0.317 e. The van der Waals surface area contributed by atoms with Crippen molar-refractivity contribution in [1.82, 2.24) is 5.32 Å². The molecule has 1 N–H and O–H groups in total. The Bertz CT molecular complexity index is 551. The van der Waals surface area contributed by atoms with Gasteiger partial charge in [0, 0.05) is 6.26 Å². The SMILES string of the molecule is CS(=O)(=O)c1c(C2CCNCC2)ccc(F)c1F.